The lowest BCUT2D eigenvalue weighted by Crippen LogP contribution is -2.10. The summed E-state index contributed by atoms with van der Waals surface area (Å²) in [6, 6.07) is 4.89. The molecule has 0 bridgehead atoms. The summed E-state index contributed by atoms with van der Waals surface area (Å²) in [7, 11) is 0. The van der Waals surface area contributed by atoms with Crippen molar-refractivity contribution in [2.45, 2.75) is 33.3 Å². The normalized spacial score (nSPS) is 12.2. The van der Waals surface area contributed by atoms with Gasteiger partial charge in [0.1, 0.15) is 5.75 Å². The van der Waals surface area contributed by atoms with Gasteiger partial charge in [-0.3, -0.25) is 10.1 Å². The summed E-state index contributed by atoms with van der Waals surface area (Å²) < 4.78 is 5.58. The third kappa shape index (κ3) is 2.68. The van der Waals surface area contributed by atoms with E-state index in [0.717, 1.165) is 6.42 Å². The summed E-state index contributed by atoms with van der Waals surface area (Å²) in [4.78, 5) is 10.3. The summed E-state index contributed by atoms with van der Waals surface area (Å²) in [6.07, 6.45) is 0.952. The number of ether oxygens (including phenoxy) is 1. The molecule has 0 saturated carbocycles. The van der Waals surface area contributed by atoms with Gasteiger partial charge in [0.25, 0.3) is 5.69 Å². The fraction of sp³-hybridized carbons (Fsp3) is 0.455. The number of hydrogen-bond acceptors (Lipinski definition) is 3. The van der Waals surface area contributed by atoms with Crippen molar-refractivity contribution >= 4 is 5.69 Å². The summed E-state index contributed by atoms with van der Waals surface area (Å²) in [5.41, 5.74) is 0.693. The van der Waals surface area contributed by atoms with Gasteiger partial charge >= 0.3 is 0 Å². The largest absolute Gasteiger partial charge is 0.490 e. The van der Waals surface area contributed by atoms with E-state index in [-0.39, 0.29) is 11.8 Å². The molecule has 0 amide bonds. The smallest absolute Gasteiger partial charge is 0.276 e. The lowest BCUT2D eigenvalue weighted by Gasteiger charge is -2.14. The van der Waals surface area contributed by atoms with Crippen LogP contribution in [0.3, 0.4) is 0 Å². The molecule has 0 aliphatic carbocycles. The van der Waals surface area contributed by atoms with Crippen LogP contribution in [0.25, 0.3) is 0 Å². The lowest BCUT2D eigenvalue weighted by molar-refractivity contribution is -0.385. The van der Waals surface area contributed by atoms with E-state index in [0.29, 0.717) is 11.3 Å². The van der Waals surface area contributed by atoms with E-state index < -0.39 is 4.92 Å². The molecule has 0 aromatic heterocycles. The molecule has 0 aliphatic rings. The molecule has 1 unspecified atom stereocenters. The third-order valence-corrected chi connectivity index (χ3v) is 2.36. The van der Waals surface area contributed by atoms with Gasteiger partial charge in [-0.25, -0.2) is 0 Å². The van der Waals surface area contributed by atoms with Crippen LogP contribution in [0, 0.1) is 17.0 Å². The second kappa shape index (κ2) is 4.77. The summed E-state index contributed by atoms with van der Waals surface area (Å²) in [5, 5.41) is 10.7. The molecule has 15 heavy (non-hydrogen) atoms. The lowest BCUT2D eigenvalue weighted by atomic mass is 10.2. The van der Waals surface area contributed by atoms with Crippen LogP contribution < -0.4 is 4.74 Å². The molecule has 82 valence electrons. The molecule has 1 atom stereocenters. The van der Waals surface area contributed by atoms with Crippen molar-refractivity contribution in [1.29, 1.82) is 0 Å². The summed E-state index contributed by atoms with van der Waals surface area (Å²) in [6.45, 7) is 5.66. The standard InChI is InChI=1S/C11H15NO3/c1-4-8(2)15-11-7-5-6-10(9(11)3)12(13)14/h5-8H,4H2,1-3H3. The number of nitro benzene ring substituents is 1. The first-order chi connectivity index (χ1) is 7.06. The quantitative estimate of drug-likeness (QED) is 0.565. The van der Waals surface area contributed by atoms with E-state index in [2.05, 4.69) is 0 Å². The van der Waals surface area contributed by atoms with Crippen molar-refractivity contribution in [3.8, 4) is 5.75 Å². The maximum Gasteiger partial charge on any atom is 0.276 e. The Labute approximate surface area is 89.0 Å². The molecule has 4 heteroatoms. The molecule has 1 aromatic rings. The minimum absolute atomic E-state index is 0.0747. The Hall–Kier alpha value is -1.58. The predicted molar refractivity (Wildman–Crippen MR) is 58.2 cm³/mol. The van der Waals surface area contributed by atoms with Crippen LogP contribution in [0.4, 0.5) is 5.69 Å². The molecule has 0 saturated heterocycles. The Morgan fingerprint density at radius 3 is 2.73 bits per heavy atom. The van der Waals surface area contributed by atoms with E-state index in [1.807, 2.05) is 13.8 Å². The Balaban J connectivity index is 2.99. The average Bonchev–Trinajstić information content (AvgIpc) is 2.20. The monoisotopic (exact) mass is 209 g/mol. The van der Waals surface area contributed by atoms with Crippen LogP contribution >= 0.6 is 0 Å². The highest BCUT2D eigenvalue weighted by atomic mass is 16.6. The SMILES string of the molecule is CCC(C)Oc1cccc([N+](=O)[O-])c1C. The highest BCUT2D eigenvalue weighted by Gasteiger charge is 2.14. The van der Waals surface area contributed by atoms with Crippen LogP contribution in [0.1, 0.15) is 25.8 Å². The van der Waals surface area contributed by atoms with E-state index >= 15 is 0 Å². The highest BCUT2D eigenvalue weighted by molar-refractivity contribution is 5.48. The van der Waals surface area contributed by atoms with Gasteiger partial charge in [-0.1, -0.05) is 13.0 Å². The number of nitrogens with zero attached hydrogens (tertiary/aromatic N) is 1. The third-order valence-electron chi connectivity index (χ3n) is 2.36. The molecule has 1 rings (SSSR count). The van der Waals surface area contributed by atoms with Crippen molar-refractivity contribution in [1.82, 2.24) is 0 Å². The van der Waals surface area contributed by atoms with Gasteiger partial charge in [-0.15, -0.1) is 0 Å². The fourth-order valence-corrected chi connectivity index (χ4v) is 1.23. The van der Waals surface area contributed by atoms with Gasteiger partial charge in [0.15, 0.2) is 0 Å². The number of nitro groups is 1. The molecule has 0 heterocycles. The Bertz CT molecular complexity index is 363. The van der Waals surface area contributed by atoms with Crippen LogP contribution in [-0.4, -0.2) is 11.0 Å². The van der Waals surface area contributed by atoms with E-state index in [1.165, 1.54) is 6.07 Å². The Morgan fingerprint density at radius 2 is 2.20 bits per heavy atom. The van der Waals surface area contributed by atoms with E-state index in [9.17, 15) is 10.1 Å². The van der Waals surface area contributed by atoms with Gasteiger partial charge in [-0.05, 0) is 26.3 Å². The van der Waals surface area contributed by atoms with Gasteiger partial charge < -0.3 is 4.74 Å². The first-order valence-electron chi connectivity index (χ1n) is 4.97. The first kappa shape index (κ1) is 11.5. The van der Waals surface area contributed by atoms with E-state index in [4.69, 9.17) is 4.74 Å². The molecule has 0 N–H and O–H groups in total. The zero-order valence-corrected chi connectivity index (χ0v) is 9.19. The minimum atomic E-state index is -0.390. The van der Waals surface area contributed by atoms with Crippen molar-refractivity contribution in [2.75, 3.05) is 0 Å². The molecule has 0 spiro atoms. The Kier molecular flexibility index (Phi) is 3.66. The van der Waals surface area contributed by atoms with Gasteiger partial charge in [0.2, 0.25) is 0 Å². The van der Waals surface area contributed by atoms with Crippen molar-refractivity contribution in [2.24, 2.45) is 0 Å². The minimum Gasteiger partial charge on any atom is -0.490 e. The molecule has 4 nitrogen and oxygen atoms in total. The zero-order valence-electron chi connectivity index (χ0n) is 9.19. The van der Waals surface area contributed by atoms with Crippen LogP contribution in [0.2, 0.25) is 0 Å². The maximum absolute atomic E-state index is 10.7. The molecule has 0 radical (unpaired) electrons. The van der Waals surface area contributed by atoms with Crippen LogP contribution in [0.15, 0.2) is 18.2 Å². The molecule has 0 fully saturated rings. The molecular formula is C11H15NO3. The van der Waals surface area contributed by atoms with Gasteiger partial charge in [0, 0.05) is 6.07 Å². The number of hydrogen-bond donors (Lipinski definition) is 0. The van der Waals surface area contributed by atoms with Crippen molar-refractivity contribution in [3.05, 3.63) is 33.9 Å². The summed E-state index contributed by atoms with van der Waals surface area (Å²) >= 11 is 0. The Morgan fingerprint density at radius 1 is 1.53 bits per heavy atom. The molecular weight excluding hydrogens is 194 g/mol. The average molecular weight is 209 g/mol. The second-order valence-electron chi connectivity index (χ2n) is 3.49. The van der Waals surface area contributed by atoms with Gasteiger partial charge in [0.05, 0.1) is 16.6 Å². The first-order valence-corrected chi connectivity index (χ1v) is 4.97. The number of rotatable bonds is 4. The predicted octanol–water partition coefficient (Wildman–Crippen LogP) is 3.08. The van der Waals surface area contributed by atoms with Crippen LogP contribution in [-0.2, 0) is 0 Å². The summed E-state index contributed by atoms with van der Waals surface area (Å²) in [5.74, 6) is 0.596. The topological polar surface area (TPSA) is 52.4 Å². The molecule has 1 aromatic carbocycles. The zero-order chi connectivity index (χ0) is 11.4. The molecule has 0 aliphatic heterocycles. The van der Waals surface area contributed by atoms with Gasteiger partial charge in [-0.2, -0.15) is 0 Å². The second-order valence-corrected chi connectivity index (χ2v) is 3.49. The maximum atomic E-state index is 10.7. The highest BCUT2D eigenvalue weighted by Crippen LogP contribution is 2.27. The van der Waals surface area contributed by atoms with Crippen molar-refractivity contribution in [3.63, 3.8) is 0 Å². The van der Waals surface area contributed by atoms with E-state index in [1.54, 1.807) is 19.1 Å². The number of benzene rings is 1. The van der Waals surface area contributed by atoms with Crippen molar-refractivity contribution < 1.29 is 9.66 Å². The van der Waals surface area contributed by atoms with Crippen LogP contribution in [0.5, 0.6) is 5.75 Å². The fourth-order valence-electron chi connectivity index (χ4n) is 1.23.